The zero-order valence-electron chi connectivity index (χ0n) is 47.7. The molecule has 3 N–H and O–H groups in total. The van der Waals surface area contributed by atoms with Gasteiger partial charge in [0.15, 0.2) is 0 Å². The highest BCUT2D eigenvalue weighted by atomic mass is 16.5. The van der Waals surface area contributed by atoms with Crippen LogP contribution in [0.25, 0.3) is 0 Å². The number of hydrogen-bond donors (Lipinski definition) is 3. The minimum Gasteiger partial charge on any atom is -0.466 e. The molecule has 1 amide bonds. The molecule has 0 bridgehead atoms. The predicted molar refractivity (Wildman–Crippen MR) is 310 cm³/mol. The van der Waals surface area contributed by atoms with Crippen LogP contribution in [0.4, 0.5) is 0 Å². The van der Waals surface area contributed by atoms with Crippen LogP contribution in [0.5, 0.6) is 0 Å². The van der Waals surface area contributed by atoms with E-state index in [0.29, 0.717) is 19.4 Å². The van der Waals surface area contributed by atoms with Crippen LogP contribution in [0.15, 0.2) is 36.5 Å². The van der Waals surface area contributed by atoms with Gasteiger partial charge in [-0.1, -0.05) is 301 Å². The minimum absolute atomic E-state index is 0.00546. The number of esters is 1. The predicted octanol–water partition coefficient (Wildman–Crippen LogP) is 20.0. The molecule has 0 saturated heterocycles. The van der Waals surface area contributed by atoms with Crippen LogP contribution < -0.4 is 5.32 Å². The van der Waals surface area contributed by atoms with Crippen LogP contribution in [0.1, 0.15) is 341 Å². The molecule has 0 aliphatic heterocycles. The normalized spacial score (nSPS) is 12.8. The molecule has 0 aliphatic rings. The summed E-state index contributed by atoms with van der Waals surface area (Å²) in [5.74, 6) is -0.0619. The lowest BCUT2D eigenvalue weighted by molar-refractivity contribution is -0.143. The molecule has 6 heteroatoms. The molecule has 71 heavy (non-hydrogen) atoms. The van der Waals surface area contributed by atoms with Gasteiger partial charge in [-0.05, 0) is 64.2 Å². The largest absolute Gasteiger partial charge is 0.466 e. The molecule has 0 saturated carbocycles. The number of rotatable bonds is 59. The summed E-state index contributed by atoms with van der Waals surface area (Å²) in [5.41, 5.74) is 0. The Morgan fingerprint density at radius 1 is 0.394 bits per heavy atom. The van der Waals surface area contributed by atoms with Crippen molar-refractivity contribution in [2.24, 2.45) is 0 Å². The number of amides is 1. The SMILES string of the molecule is CCCCCC/C=C\C/C=C\CCCCCCCCCC(=O)OCCCCCCCCCCCCCCCCCCCCCCCCC(=O)NC(CO)C(O)/C=C/CCCCCCCCCCCCCC. The van der Waals surface area contributed by atoms with E-state index in [1.807, 2.05) is 6.08 Å². The van der Waals surface area contributed by atoms with E-state index >= 15 is 0 Å². The molecular formula is C65H123NO5. The maximum Gasteiger partial charge on any atom is 0.305 e. The molecule has 0 radical (unpaired) electrons. The number of unbranched alkanes of at least 4 members (excludes halogenated alkanes) is 44. The molecule has 0 heterocycles. The van der Waals surface area contributed by atoms with Crippen molar-refractivity contribution in [2.45, 2.75) is 353 Å². The smallest absolute Gasteiger partial charge is 0.305 e. The molecule has 0 spiro atoms. The van der Waals surface area contributed by atoms with Gasteiger partial charge in [0.25, 0.3) is 0 Å². The van der Waals surface area contributed by atoms with Gasteiger partial charge in [-0.2, -0.15) is 0 Å². The fourth-order valence-electron chi connectivity index (χ4n) is 9.78. The van der Waals surface area contributed by atoms with E-state index < -0.39 is 12.1 Å². The third-order valence-electron chi connectivity index (χ3n) is 14.7. The fourth-order valence-corrected chi connectivity index (χ4v) is 9.78. The molecule has 0 aliphatic carbocycles. The fraction of sp³-hybridized carbons (Fsp3) is 0.877. The Hall–Kier alpha value is -1.92. The highest BCUT2D eigenvalue weighted by Crippen LogP contribution is 2.17. The van der Waals surface area contributed by atoms with Crippen LogP contribution in [-0.2, 0) is 14.3 Å². The highest BCUT2D eigenvalue weighted by molar-refractivity contribution is 5.76. The van der Waals surface area contributed by atoms with E-state index in [-0.39, 0.29) is 18.5 Å². The molecular weight excluding hydrogens is 875 g/mol. The second kappa shape index (κ2) is 60.6. The Morgan fingerprint density at radius 3 is 1.08 bits per heavy atom. The third-order valence-corrected chi connectivity index (χ3v) is 14.7. The molecule has 0 fully saturated rings. The van der Waals surface area contributed by atoms with Crippen LogP contribution in [-0.4, -0.2) is 47.4 Å². The van der Waals surface area contributed by atoms with Gasteiger partial charge in [0.1, 0.15) is 0 Å². The van der Waals surface area contributed by atoms with Crippen molar-refractivity contribution >= 4 is 11.9 Å². The molecule has 418 valence electrons. The lowest BCUT2D eigenvalue weighted by atomic mass is 10.0. The van der Waals surface area contributed by atoms with E-state index in [9.17, 15) is 19.8 Å². The first-order chi connectivity index (χ1) is 35.0. The van der Waals surface area contributed by atoms with E-state index in [1.165, 1.54) is 263 Å². The van der Waals surface area contributed by atoms with Crippen LogP contribution >= 0.6 is 0 Å². The van der Waals surface area contributed by atoms with Crippen molar-refractivity contribution in [3.05, 3.63) is 36.5 Å². The van der Waals surface area contributed by atoms with E-state index in [2.05, 4.69) is 43.5 Å². The van der Waals surface area contributed by atoms with Gasteiger partial charge in [-0.3, -0.25) is 9.59 Å². The summed E-state index contributed by atoms with van der Waals surface area (Å²) in [4.78, 5) is 24.5. The van der Waals surface area contributed by atoms with Gasteiger partial charge in [0.2, 0.25) is 5.91 Å². The van der Waals surface area contributed by atoms with Crippen molar-refractivity contribution in [2.75, 3.05) is 13.2 Å². The number of carbonyl (C=O) groups excluding carboxylic acids is 2. The topological polar surface area (TPSA) is 95.9 Å². The Labute approximate surface area is 443 Å². The summed E-state index contributed by atoms with van der Waals surface area (Å²) in [6.45, 7) is 4.90. The van der Waals surface area contributed by atoms with Crippen molar-refractivity contribution in [3.63, 3.8) is 0 Å². The summed E-state index contributed by atoms with van der Waals surface area (Å²) in [5, 5.41) is 23.1. The maximum atomic E-state index is 12.5. The average molecular weight is 999 g/mol. The Balaban J connectivity index is 3.39. The quantitative estimate of drug-likeness (QED) is 0.0321. The van der Waals surface area contributed by atoms with Crippen LogP contribution in [0.3, 0.4) is 0 Å². The lowest BCUT2D eigenvalue weighted by Crippen LogP contribution is -2.45. The number of aliphatic hydroxyl groups is 2. The second-order valence-electron chi connectivity index (χ2n) is 21.7. The number of allylic oxidation sites excluding steroid dienone is 5. The number of aliphatic hydroxyl groups excluding tert-OH is 2. The summed E-state index contributed by atoms with van der Waals surface area (Å²) in [7, 11) is 0. The first kappa shape index (κ1) is 69.1. The zero-order chi connectivity index (χ0) is 51.4. The summed E-state index contributed by atoms with van der Waals surface area (Å²) >= 11 is 0. The summed E-state index contributed by atoms with van der Waals surface area (Å²) in [6.07, 6.45) is 76.1. The molecule has 2 unspecified atom stereocenters. The Bertz CT molecular complexity index is 1150. The highest BCUT2D eigenvalue weighted by Gasteiger charge is 2.18. The van der Waals surface area contributed by atoms with Gasteiger partial charge in [-0.15, -0.1) is 0 Å². The molecule has 2 atom stereocenters. The van der Waals surface area contributed by atoms with E-state index in [0.717, 1.165) is 51.4 Å². The summed E-state index contributed by atoms with van der Waals surface area (Å²) in [6, 6.07) is -0.628. The number of ether oxygens (including phenoxy) is 1. The average Bonchev–Trinajstić information content (AvgIpc) is 3.37. The van der Waals surface area contributed by atoms with Crippen molar-refractivity contribution in [3.8, 4) is 0 Å². The zero-order valence-corrected chi connectivity index (χ0v) is 47.7. The van der Waals surface area contributed by atoms with Crippen molar-refractivity contribution in [1.29, 1.82) is 0 Å². The Kier molecular flexibility index (Phi) is 59.0. The first-order valence-electron chi connectivity index (χ1n) is 31.8. The van der Waals surface area contributed by atoms with Gasteiger partial charge >= 0.3 is 5.97 Å². The van der Waals surface area contributed by atoms with Crippen molar-refractivity contribution < 1.29 is 24.5 Å². The van der Waals surface area contributed by atoms with Crippen LogP contribution in [0.2, 0.25) is 0 Å². The molecule has 0 aromatic rings. The van der Waals surface area contributed by atoms with E-state index in [1.54, 1.807) is 6.08 Å². The second-order valence-corrected chi connectivity index (χ2v) is 21.7. The summed E-state index contributed by atoms with van der Waals surface area (Å²) < 4.78 is 5.49. The van der Waals surface area contributed by atoms with Gasteiger partial charge in [0.05, 0.1) is 25.4 Å². The van der Waals surface area contributed by atoms with Crippen LogP contribution in [0, 0.1) is 0 Å². The Morgan fingerprint density at radius 2 is 0.704 bits per heavy atom. The maximum absolute atomic E-state index is 12.5. The van der Waals surface area contributed by atoms with Gasteiger partial charge in [-0.25, -0.2) is 0 Å². The number of nitrogens with one attached hydrogen (secondary N) is 1. The molecule has 0 aromatic carbocycles. The monoisotopic (exact) mass is 998 g/mol. The van der Waals surface area contributed by atoms with Crippen molar-refractivity contribution in [1.82, 2.24) is 5.32 Å². The first-order valence-corrected chi connectivity index (χ1v) is 31.8. The van der Waals surface area contributed by atoms with E-state index in [4.69, 9.17) is 4.74 Å². The molecule has 0 aromatic heterocycles. The lowest BCUT2D eigenvalue weighted by Gasteiger charge is -2.20. The minimum atomic E-state index is -0.844. The van der Waals surface area contributed by atoms with Gasteiger partial charge < -0.3 is 20.3 Å². The number of carbonyl (C=O) groups is 2. The molecule has 0 rings (SSSR count). The standard InChI is InChI=1S/C65H123NO5/c1-3-5-7-9-11-13-15-17-19-20-28-31-35-39-43-47-51-55-59-65(70)71-60-56-52-48-44-40-36-32-29-26-24-22-21-23-25-27-30-34-38-42-46-50-54-58-64(69)66-62(61-67)63(68)57-53-49-45-41-37-33-18-16-14-12-10-8-6-4-2/h13,15,19-20,53,57,62-63,67-68H,3-12,14,16-18,21-52,54-56,58-61H2,1-2H3,(H,66,69)/b15-13-,20-19-,57-53+. The molecule has 6 nitrogen and oxygen atoms in total. The number of hydrogen-bond acceptors (Lipinski definition) is 5. The third kappa shape index (κ3) is 57.2. The van der Waals surface area contributed by atoms with Gasteiger partial charge in [0, 0.05) is 12.8 Å².